The molecule has 1 aromatic carbocycles. The van der Waals surface area contributed by atoms with Crippen molar-refractivity contribution < 1.29 is 13.3 Å². The first-order valence-electron chi connectivity index (χ1n) is 4.53. The van der Waals surface area contributed by atoms with Crippen LogP contribution in [0.3, 0.4) is 0 Å². The summed E-state index contributed by atoms with van der Waals surface area (Å²) in [5, 5.41) is 9.60. The number of alkyl halides is 2. The molecule has 0 aliphatic carbocycles. The maximum absolute atomic E-state index is 12.0. The number of hydrogen-bond acceptors (Lipinski definition) is 4. The molecule has 0 unspecified atom stereocenters. The lowest BCUT2D eigenvalue weighted by Crippen LogP contribution is -2.25. The number of benzene rings is 1. The first-order valence-corrected chi connectivity index (χ1v) is 7.15. The maximum atomic E-state index is 12.0. The van der Waals surface area contributed by atoms with E-state index in [9.17, 15) is 18.5 Å². The largest absolute Gasteiger partial charge is 0.270 e. The summed E-state index contributed by atoms with van der Waals surface area (Å²) in [6.45, 7) is 0. The van der Waals surface area contributed by atoms with Crippen LogP contribution < -0.4 is 0 Å². The Hall–Kier alpha value is -0.850. The Balaban J connectivity index is 3.24. The van der Waals surface area contributed by atoms with E-state index in [-0.39, 0.29) is 22.3 Å². The number of halogens is 2. The molecule has 0 heterocycles. The summed E-state index contributed by atoms with van der Waals surface area (Å²) in [5.74, 6) is -0.316. The molecule has 1 aromatic rings. The minimum absolute atomic E-state index is 0.141. The minimum Gasteiger partial charge on any atom is -0.258 e. The Kier molecular flexibility index (Phi) is 4.73. The molecule has 0 bridgehead atoms. The van der Waals surface area contributed by atoms with Gasteiger partial charge in [-0.1, -0.05) is 6.07 Å². The fourth-order valence-electron chi connectivity index (χ4n) is 1.17. The molecule has 94 valence electrons. The van der Waals surface area contributed by atoms with E-state index in [4.69, 9.17) is 23.2 Å². The van der Waals surface area contributed by atoms with Crippen LogP contribution in [0.1, 0.15) is 0 Å². The molecular weight excluding hydrogens is 289 g/mol. The quantitative estimate of drug-likeness (QED) is 0.474. The van der Waals surface area contributed by atoms with Crippen LogP contribution >= 0.6 is 23.2 Å². The van der Waals surface area contributed by atoms with Crippen molar-refractivity contribution in [2.24, 2.45) is 0 Å². The highest BCUT2D eigenvalue weighted by Crippen LogP contribution is 2.22. The van der Waals surface area contributed by atoms with E-state index < -0.39 is 20.0 Å². The Morgan fingerprint density at radius 1 is 1.29 bits per heavy atom. The second kappa shape index (κ2) is 5.66. The topological polar surface area (TPSA) is 77.3 Å². The molecule has 0 aliphatic rings. The first kappa shape index (κ1) is 14.2. The molecule has 0 N–H and O–H groups in total. The standard InChI is InChI=1S/C9H9Cl2NO4S/c10-5-9(6-11)17(15,16)8-3-1-2-7(4-8)12(13)14/h1-4,9H,5-6H2. The molecule has 5 nitrogen and oxygen atoms in total. The van der Waals surface area contributed by atoms with Gasteiger partial charge in [0.1, 0.15) is 0 Å². The molecule has 0 amide bonds. The normalized spacial score (nSPS) is 11.7. The highest BCUT2D eigenvalue weighted by Gasteiger charge is 2.27. The zero-order chi connectivity index (χ0) is 13.1. The highest BCUT2D eigenvalue weighted by molar-refractivity contribution is 7.92. The molecular formula is C9H9Cl2NO4S. The molecule has 17 heavy (non-hydrogen) atoms. The van der Waals surface area contributed by atoms with Gasteiger partial charge in [-0.15, -0.1) is 23.2 Å². The molecule has 0 saturated heterocycles. The second-order valence-electron chi connectivity index (χ2n) is 3.23. The SMILES string of the molecule is O=[N+]([O-])c1cccc(S(=O)(=O)C(CCl)CCl)c1. The van der Waals surface area contributed by atoms with Crippen LogP contribution in [0, 0.1) is 10.1 Å². The molecule has 0 spiro atoms. The summed E-state index contributed by atoms with van der Waals surface area (Å²) in [4.78, 5) is 9.75. The average molecular weight is 298 g/mol. The van der Waals surface area contributed by atoms with Crippen molar-refractivity contribution in [2.45, 2.75) is 10.1 Å². The van der Waals surface area contributed by atoms with Crippen LogP contribution in [0.15, 0.2) is 29.2 Å². The van der Waals surface area contributed by atoms with E-state index >= 15 is 0 Å². The number of nitro groups is 1. The fourth-order valence-corrected chi connectivity index (χ4v) is 3.77. The van der Waals surface area contributed by atoms with Crippen molar-refractivity contribution in [2.75, 3.05) is 11.8 Å². The molecule has 0 saturated carbocycles. The van der Waals surface area contributed by atoms with Gasteiger partial charge in [0.25, 0.3) is 5.69 Å². The number of nitro benzene ring substituents is 1. The molecule has 0 aromatic heterocycles. The van der Waals surface area contributed by atoms with Gasteiger partial charge in [0.05, 0.1) is 15.1 Å². The minimum atomic E-state index is -3.73. The van der Waals surface area contributed by atoms with Gasteiger partial charge in [0, 0.05) is 23.9 Å². The summed E-state index contributed by atoms with van der Waals surface area (Å²) in [6.07, 6.45) is 0. The smallest absolute Gasteiger partial charge is 0.258 e. The molecule has 1 rings (SSSR count). The van der Waals surface area contributed by atoms with Crippen molar-refractivity contribution in [1.29, 1.82) is 0 Å². The Morgan fingerprint density at radius 2 is 1.88 bits per heavy atom. The van der Waals surface area contributed by atoms with Crippen LogP contribution in [0.5, 0.6) is 0 Å². The lowest BCUT2D eigenvalue weighted by atomic mass is 10.3. The van der Waals surface area contributed by atoms with E-state index in [1.54, 1.807) is 0 Å². The summed E-state index contributed by atoms with van der Waals surface area (Å²) in [5.41, 5.74) is -0.283. The summed E-state index contributed by atoms with van der Waals surface area (Å²) >= 11 is 11.0. The van der Waals surface area contributed by atoms with Gasteiger partial charge >= 0.3 is 0 Å². The zero-order valence-electron chi connectivity index (χ0n) is 8.55. The van der Waals surface area contributed by atoms with Gasteiger partial charge in [0.2, 0.25) is 0 Å². The van der Waals surface area contributed by atoms with Gasteiger partial charge in [0.15, 0.2) is 9.84 Å². The van der Waals surface area contributed by atoms with Crippen molar-refractivity contribution in [3.63, 3.8) is 0 Å². The van der Waals surface area contributed by atoms with E-state index in [0.29, 0.717) is 0 Å². The predicted molar refractivity (Wildman–Crippen MR) is 65.5 cm³/mol. The number of hydrogen-bond donors (Lipinski definition) is 0. The van der Waals surface area contributed by atoms with E-state index in [1.807, 2.05) is 0 Å². The molecule has 0 aliphatic heterocycles. The monoisotopic (exact) mass is 297 g/mol. The Labute approximate surface area is 108 Å². The van der Waals surface area contributed by atoms with E-state index in [2.05, 4.69) is 0 Å². The lowest BCUT2D eigenvalue weighted by molar-refractivity contribution is -0.385. The molecule has 0 fully saturated rings. The summed E-state index contributed by atoms with van der Waals surface area (Å²) in [6, 6.07) is 4.82. The maximum Gasteiger partial charge on any atom is 0.270 e. The molecule has 8 heteroatoms. The van der Waals surface area contributed by atoms with Crippen LogP contribution in [0.4, 0.5) is 5.69 Å². The Morgan fingerprint density at radius 3 is 2.35 bits per heavy atom. The van der Waals surface area contributed by atoms with E-state index in [0.717, 1.165) is 6.07 Å². The van der Waals surface area contributed by atoms with Gasteiger partial charge in [-0.05, 0) is 6.07 Å². The van der Waals surface area contributed by atoms with Gasteiger partial charge < -0.3 is 0 Å². The number of nitrogens with zero attached hydrogens (tertiary/aromatic N) is 1. The number of sulfone groups is 1. The van der Waals surface area contributed by atoms with Crippen molar-refractivity contribution in [3.8, 4) is 0 Å². The second-order valence-corrected chi connectivity index (χ2v) is 6.08. The first-order chi connectivity index (χ1) is 7.93. The third-order valence-corrected chi connectivity index (χ3v) is 5.37. The van der Waals surface area contributed by atoms with Crippen molar-refractivity contribution >= 4 is 38.7 Å². The van der Waals surface area contributed by atoms with Crippen LogP contribution in [0.25, 0.3) is 0 Å². The predicted octanol–water partition coefficient (Wildman–Crippen LogP) is 2.21. The Bertz CT molecular complexity index is 513. The van der Waals surface area contributed by atoms with Crippen LogP contribution in [0.2, 0.25) is 0 Å². The van der Waals surface area contributed by atoms with E-state index in [1.165, 1.54) is 18.2 Å². The average Bonchev–Trinajstić information content (AvgIpc) is 2.30. The molecule has 0 radical (unpaired) electrons. The van der Waals surface area contributed by atoms with Gasteiger partial charge in [-0.3, -0.25) is 10.1 Å². The van der Waals surface area contributed by atoms with Crippen LogP contribution in [-0.2, 0) is 9.84 Å². The number of rotatable bonds is 5. The van der Waals surface area contributed by atoms with Gasteiger partial charge in [-0.2, -0.15) is 0 Å². The highest BCUT2D eigenvalue weighted by atomic mass is 35.5. The lowest BCUT2D eigenvalue weighted by Gasteiger charge is -2.11. The zero-order valence-corrected chi connectivity index (χ0v) is 10.9. The summed E-state index contributed by atoms with van der Waals surface area (Å²) in [7, 11) is -3.73. The molecule has 0 atom stereocenters. The van der Waals surface area contributed by atoms with Crippen molar-refractivity contribution in [1.82, 2.24) is 0 Å². The van der Waals surface area contributed by atoms with Gasteiger partial charge in [-0.25, -0.2) is 8.42 Å². The third-order valence-electron chi connectivity index (χ3n) is 2.14. The number of non-ortho nitro benzene ring substituents is 1. The summed E-state index contributed by atoms with van der Waals surface area (Å²) < 4.78 is 24.0. The van der Waals surface area contributed by atoms with Crippen LogP contribution in [-0.4, -0.2) is 30.4 Å². The van der Waals surface area contributed by atoms with Crippen molar-refractivity contribution in [3.05, 3.63) is 34.4 Å². The fraction of sp³-hybridized carbons (Fsp3) is 0.333. The third kappa shape index (κ3) is 3.08.